The summed E-state index contributed by atoms with van der Waals surface area (Å²) in [6.45, 7) is 0.701. The average Bonchev–Trinajstić information content (AvgIpc) is 3.03. The zero-order valence-corrected chi connectivity index (χ0v) is 12.8. The van der Waals surface area contributed by atoms with Crippen molar-refractivity contribution in [2.24, 2.45) is 5.10 Å². The number of carboxylic acids is 1. The lowest BCUT2D eigenvalue weighted by molar-refractivity contribution is -0.255. The number of nitrogens with one attached hydrogen (secondary N) is 1. The fourth-order valence-electron chi connectivity index (χ4n) is 2.17. The van der Waals surface area contributed by atoms with E-state index in [1.165, 1.54) is 17.7 Å². The Morgan fingerprint density at radius 2 is 1.92 bits per heavy atom. The van der Waals surface area contributed by atoms with Gasteiger partial charge in [0.1, 0.15) is 0 Å². The van der Waals surface area contributed by atoms with Gasteiger partial charge in [0.25, 0.3) is 0 Å². The average molecular weight is 319 g/mol. The lowest BCUT2D eigenvalue weighted by Gasteiger charge is -2.03. The van der Waals surface area contributed by atoms with Crippen molar-refractivity contribution in [2.45, 2.75) is 6.54 Å². The number of aromatic carboxylic acids is 1. The van der Waals surface area contributed by atoms with Gasteiger partial charge in [-0.3, -0.25) is 10.1 Å². The predicted molar refractivity (Wildman–Crippen MR) is 89.8 cm³/mol. The summed E-state index contributed by atoms with van der Waals surface area (Å²) >= 11 is 0. The van der Waals surface area contributed by atoms with Crippen molar-refractivity contribution in [3.8, 4) is 0 Å². The Labute approximate surface area is 139 Å². The Kier molecular flexibility index (Phi) is 4.67. The number of carbonyl (C=O) groups is 1. The minimum atomic E-state index is -1.20. The monoisotopic (exact) mass is 319 g/mol. The van der Waals surface area contributed by atoms with Crippen molar-refractivity contribution >= 4 is 17.9 Å². The van der Waals surface area contributed by atoms with E-state index in [4.69, 9.17) is 0 Å². The van der Waals surface area contributed by atoms with E-state index in [0.29, 0.717) is 12.2 Å². The van der Waals surface area contributed by atoms with Crippen molar-refractivity contribution in [1.82, 2.24) is 9.78 Å². The van der Waals surface area contributed by atoms with Crippen LogP contribution in [0.25, 0.3) is 0 Å². The van der Waals surface area contributed by atoms with Crippen molar-refractivity contribution in [3.05, 3.63) is 83.7 Å². The maximum atomic E-state index is 10.7. The van der Waals surface area contributed by atoms with Gasteiger partial charge in [-0.05, 0) is 23.3 Å². The summed E-state index contributed by atoms with van der Waals surface area (Å²) in [6.07, 6.45) is 5.28. The molecule has 1 N–H and O–H groups in total. The molecule has 0 aliphatic heterocycles. The van der Waals surface area contributed by atoms with Gasteiger partial charge in [-0.25, -0.2) is 0 Å². The molecule has 0 saturated carbocycles. The highest BCUT2D eigenvalue weighted by atomic mass is 16.4. The van der Waals surface area contributed by atoms with Crippen LogP contribution in [-0.4, -0.2) is 22.0 Å². The zero-order chi connectivity index (χ0) is 16.8. The topological polar surface area (TPSA) is 82.3 Å². The highest BCUT2D eigenvalue weighted by Crippen LogP contribution is 2.09. The molecule has 3 aromatic rings. The molecule has 0 fully saturated rings. The summed E-state index contributed by atoms with van der Waals surface area (Å²) in [4.78, 5) is 10.7. The van der Waals surface area contributed by atoms with Crippen LogP contribution in [0.15, 0.2) is 72.1 Å². The van der Waals surface area contributed by atoms with Crippen LogP contribution in [0.3, 0.4) is 0 Å². The molecule has 0 aliphatic carbocycles. The second kappa shape index (κ2) is 7.23. The van der Waals surface area contributed by atoms with Crippen LogP contribution in [0, 0.1) is 0 Å². The Balaban J connectivity index is 1.58. The Morgan fingerprint density at radius 1 is 1.17 bits per heavy atom. The molecule has 1 heterocycles. The van der Waals surface area contributed by atoms with Crippen LogP contribution in [0.1, 0.15) is 21.5 Å². The van der Waals surface area contributed by atoms with Crippen LogP contribution >= 0.6 is 0 Å². The third-order valence-corrected chi connectivity index (χ3v) is 3.37. The maximum absolute atomic E-state index is 10.7. The lowest BCUT2D eigenvalue weighted by atomic mass is 10.2. The van der Waals surface area contributed by atoms with E-state index in [1.54, 1.807) is 24.5 Å². The molecule has 0 bridgehead atoms. The predicted octanol–water partition coefficient (Wildman–Crippen LogP) is 1.74. The second-order valence-corrected chi connectivity index (χ2v) is 5.19. The number of benzene rings is 2. The summed E-state index contributed by atoms with van der Waals surface area (Å²) in [5, 5.41) is 19.1. The van der Waals surface area contributed by atoms with E-state index in [2.05, 4.69) is 15.6 Å². The summed E-state index contributed by atoms with van der Waals surface area (Å²) < 4.78 is 1.84. The first-order chi connectivity index (χ1) is 11.7. The molecular weight excluding hydrogens is 304 g/mol. The maximum Gasteiger partial charge on any atom is 0.0715 e. The van der Waals surface area contributed by atoms with Gasteiger partial charge in [0.2, 0.25) is 0 Å². The van der Waals surface area contributed by atoms with E-state index >= 15 is 0 Å². The van der Waals surface area contributed by atoms with Crippen LogP contribution in [-0.2, 0) is 6.54 Å². The van der Waals surface area contributed by atoms with Crippen molar-refractivity contribution in [2.75, 3.05) is 5.43 Å². The quantitative estimate of drug-likeness (QED) is 0.554. The molecule has 6 heteroatoms. The SMILES string of the molecule is O=C([O-])c1ccc(N/N=C\c2cnn(Cc3ccccc3)c2)cc1. The van der Waals surface area contributed by atoms with Gasteiger partial charge in [-0.15, -0.1) is 0 Å². The first-order valence-electron chi connectivity index (χ1n) is 7.37. The Bertz CT molecular complexity index is 839. The number of carbonyl (C=O) groups excluding carboxylic acids is 1. The van der Waals surface area contributed by atoms with Crippen molar-refractivity contribution in [1.29, 1.82) is 0 Å². The van der Waals surface area contributed by atoms with E-state index in [1.807, 2.05) is 41.2 Å². The van der Waals surface area contributed by atoms with Crippen LogP contribution < -0.4 is 10.5 Å². The fourth-order valence-corrected chi connectivity index (χ4v) is 2.17. The first-order valence-corrected chi connectivity index (χ1v) is 7.37. The number of hydrogen-bond donors (Lipinski definition) is 1. The first kappa shape index (κ1) is 15.5. The molecule has 1 aromatic heterocycles. The zero-order valence-electron chi connectivity index (χ0n) is 12.8. The van der Waals surface area contributed by atoms with Crippen LogP contribution in [0.5, 0.6) is 0 Å². The Morgan fingerprint density at radius 3 is 2.62 bits per heavy atom. The van der Waals surface area contributed by atoms with E-state index in [-0.39, 0.29) is 5.56 Å². The standard InChI is InChI=1S/C18H16N4O2/c23-18(24)16-6-8-17(9-7-16)21-19-10-15-11-20-22(13-15)12-14-4-2-1-3-5-14/h1-11,13,21H,12H2,(H,23,24)/p-1/b19-10-. The molecule has 3 rings (SSSR count). The largest absolute Gasteiger partial charge is 0.545 e. The van der Waals surface area contributed by atoms with E-state index in [0.717, 1.165) is 5.56 Å². The number of carboxylic acid groups (broad SMARTS) is 1. The molecule has 24 heavy (non-hydrogen) atoms. The summed E-state index contributed by atoms with van der Waals surface area (Å²) in [6, 6.07) is 16.3. The molecule has 120 valence electrons. The molecular formula is C18H15N4O2-. The fraction of sp³-hybridized carbons (Fsp3) is 0.0556. The van der Waals surface area contributed by atoms with Gasteiger partial charge in [0.15, 0.2) is 0 Å². The number of nitrogens with zero attached hydrogens (tertiary/aromatic N) is 3. The summed E-state index contributed by atoms with van der Waals surface area (Å²) in [5.74, 6) is -1.20. The highest BCUT2D eigenvalue weighted by molar-refractivity contribution is 5.86. The number of anilines is 1. The molecule has 0 atom stereocenters. The van der Waals surface area contributed by atoms with Gasteiger partial charge in [0.05, 0.1) is 30.6 Å². The number of hydrazone groups is 1. The van der Waals surface area contributed by atoms with Gasteiger partial charge in [0, 0.05) is 11.8 Å². The van der Waals surface area contributed by atoms with Crippen molar-refractivity contribution in [3.63, 3.8) is 0 Å². The normalized spacial score (nSPS) is 10.8. The molecule has 0 unspecified atom stereocenters. The van der Waals surface area contributed by atoms with Gasteiger partial charge >= 0.3 is 0 Å². The van der Waals surface area contributed by atoms with Crippen LogP contribution in [0.4, 0.5) is 5.69 Å². The third kappa shape index (κ3) is 4.07. The van der Waals surface area contributed by atoms with Crippen molar-refractivity contribution < 1.29 is 9.90 Å². The van der Waals surface area contributed by atoms with E-state index in [9.17, 15) is 9.90 Å². The molecule has 0 radical (unpaired) electrons. The Hall–Kier alpha value is -3.41. The van der Waals surface area contributed by atoms with E-state index < -0.39 is 5.97 Å². The van der Waals surface area contributed by atoms with Crippen LogP contribution in [0.2, 0.25) is 0 Å². The highest BCUT2D eigenvalue weighted by Gasteiger charge is 1.98. The van der Waals surface area contributed by atoms with Gasteiger partial charge in [-0.1, -0.05) is 42.5 Å². The molecule has 0 saturated heterocycles. The minimum Gasteiger partial charge on any atom is -0.545 e. The second-order valence-electron chi connectivity index (χ2n) is 5.19. The number of rotatable bonds is 6. The molecule has 0 amide bonds. The third-order valence-electron chi connectivity index (χ3n) is 3.37. The molecule has 0 spiro atoms. The molecule has 0 aliphatic rings. The number of hydrogen-bond acceptors (Lipinski definition) is 5. The van der Waals surface area contributed by atoms with Gasteiger partial charge in [-0.2, -0.15) is 10.2 Å². The summed E-state index contributed by atoms with van der Waals surface area (Å²) in [5.41, 5.74) is 5.70. The lowest BCUT2D eigenvalue weighted by Crippen LogP contribution is -2.21. The smallest absolute Gasteiger partial charge is 0.0715 e. The van der Waals surface area contributed by atoms with Gasteiger partial charge < -0.3 is 9.90 Å². The summed E-state index contributed by atoms with van der Waals surface area (Å²) in [7, 11) is 0. The number of aromatic nitrogens is 2. The minimum absolute atomic E-state index is 0.131. The molecule has 2 aromatic carbocycles. The molecule has 6 nitrogen and oxygen atoms in total.